The van der Waals surface area contributed by atoms with Gasteiger partial charge in [0.15, 0.2) is 0 Å². The lowest BCUT2D eigenvalue weighted by atomic mass is 9.95. The van der Waals surface area contributed by atoms with Crippen LogP contribution in [-0.4, -0.2) is 24.5 Å². The average molecular weight is 416 g/mol. The number of hydrogen-bond donors (Lipinski definition) is 1. The second-order valence-corrected chi connectivity index (χ2v) is 7.95. The van der Waals surface area contributed by atoms with Crippen LogP contribution in [0.1, 0.15) is 38.1 Å². The SMILES string of the molecule is CCOC(=O)C(C=CC(C)(C)C)NC(=O)c1ccc(Oc2cccc(Cl)c2)cc1. The van der Waals surface area contributed by atoms with Crippen molar-refractivity contribution in [2.24, 2.45) is 5.41 Å². The van der Waals surface area contributed by atoms with E-state index >= 15 is 0 Å². The van der Waals surface area contributed by atoms with Gasteiger partial charge < -0.3 is 14.8 Å². The third kappa shape index (κ3) is 7.62. The largest absolute Gasteiger partial charge is 0.464 e. The Morgan fingerprint density at radius 1 is 1.10 bits per heavy atom. The van der Waals surface area contributed by atoms with Gasteiger partial charge in [0.05, 0.1) is 6.61 Å². The van der Waals surface area contributed by atoms with Crippen molar-refractivity contribution in [1.29, 1.82) is 0 Å². The van der Waals surface area contributed by atoms with Crippen molar-refractivity contribution in [2.45, 2.75) is 33.7 Å². The van der Waals surface area contributed by atoms with Crippen LogP contribution >= 0.6 is 11.6 Å². The van der Waals surface area contributed by atoms with Crippen molar-refractivity contribution in [1.82, 2.24) is 5.32 Å². The molecule has 0 fully saturated rings. The third-order valence-electron chi connectivity index (χ3n) is 3.76. The predicted octanol–water partition coefficient (Wildman–Crippen LogP) is 5.40. The molecule has 5 nitrogen and oxygen atoms in total. The summed E-state index contributed by atoms with van der Waals surface area (Å²) in [7, 11) is 0. The molecule has 0 saturated heterocycles. The molecule has 0 saturated carbocycles. The summed E-state index contributed by atoms with van der Waals surface area (Å²) in [6.07, 6.45) is 3.53. The number of halogens is 1. The standard InChI is InChI=1S/C23H26ClNO4/c1-5-28-22(27)20(13-14-23(2,3)4)25-21(26)16-9-11-18(12-10-16)29-19-8-6-7-17(24)15-19/h6-15,20H,5H2,1-4H3,(H,25,26). The predicted molar refractivity (Wildman–Crippen MR) is 114 cm³/mol. The van der Waals surface area contributed by atoms with Crippen LogP contribution in [0.25, 0.3) is 0 Å². The Morgan fingerprint density at radius 3 is 2.38 bits per heavy atom. The Kier molecular flexibility index (Phi) is 7.85. The molecule has 6 heteroatoms. The summed E-state index contributed by atoms with van der Waals surface area (Å²) in [4.78, 5) is 24.8. The van der Waals surface area contributed by atoms with E-state index in [9.17, 15) is 9.59 Å². The van der Waals surface area contributed by atoms with Crippen molar-refractivity contribution in [3.05, 3.63) is 71.3 Å². The molecule has 0 radical (unpaired) electrons. The zero-order chi connectivity index (χ0) is 21.4. The first-order valence-corrected chi connectivity index (χ1v) is 9.76. The summed E-state index contributed by atoms with van der Waals surface area (Å²) in [6, 6.07) is 12.8. The molecule has 0 aliphatic heterocycles. The highest BCUT2D eigenvalue weighted by atomic mass is 35.5. The zero-order valence-corrected chi connectivity index (χ0v) is 17.8. The molecule has 1 atom stereocenters. The van der Waals surface area contributed by atoms with Gasteiger partial charge in [-0.05, 0) is 54.8 Å². The summed E-state index contributed by atoms with van der Waals surface area (Å²) < 4.78 is 10.8. The second kappa shape index (κ2) is 10.1. The molecular formula is C23H26ClNO4. The van der Waals surface area contributed by atoms with Crippen LogP contribution in [0.3, 0.4) is 0 Å². The lowest BCUT2D eigenvalue weighted by Crippen LogP contribution is -2.40. The highest BCUT2D eigenvalue weighted by Crippen LogP contribution is 2.24. The van der Waals surface area contributed by atoms with Crippen LogP contribution in [0.4, 0.5) is 0 Å². The van der Waals surface area contributed by atoms with Crippen molar-refractivity contribution < 1.29 is 19.1 Å². The van der Waals surface area contributed by atoms with E-state index < -0.39 is 12.0 Å². The van der Waals surface area contributed by atoms with Crippen LogP contribution in [0.2, 0.25) is 5.02 Å². The molecular weight excluding hydrogens is 390 g/mol. The maximum Gasteiger partial charge on any atom is 0.332 e. The summed E-state index contributed by atoms with van der Waals surface area (Å²) >= 11 is 5.95. The van der Waals surface area contributed by atoms with Crippen molar-refractivity contribution in [2.75, 3.05) is 6.61 Å². The molecule has 0 heterocycles. The lowest BCUT2D eigenvalue weighted by Gasteiger charge is -2.17. The van der Waals surface area contributed by atoms with Gasteiger partial charge >= 0.3 is 5.97 Å². The molecule has 2 aromatic rings. The Morgan fingerprint density at radius 2 is 1.79 bits per heavy atom. The van der Waals surface area contributed by atoms with Crippen molar-refractivity contribution in [3.63, 3.8) is 0 Å². The Hall–Kier alpha value is -2.79. The minimum absolute atomic E-state index is 0.130. The van der Waals surface area contributed by atoms with Crippen LogP contribution in [-0.2, 0) is 9.53 Å². The van der Waals surface area contributed by atoms with E-state index in [1.807, 2.05) is 26.8 Å². The number of ether oxygens (including phenoxy) is 2. The lowest BCUT2D eigenvalue weighted by molar-refractivity contribution is -0.144. The molecule has 0 aromatic heterocycles. The quantitative estimate of drug-likeness (QED) is 0.486. The second-order valence-electron chi connectivity index (χ2n) is 7.51. The first kappa shape index (κ1) is 22.5. The van der Waals surface area contributed by atoms with Gasteiger partial charge in [0.25, 0.3) is 5.91 Å². The first-order chi connectivity index (χ1) is 13.7. The molecule has 2 aromatic carbocycles. The van der Waals surface area contributed by atoms with Gasteiger partial charge in [0, 0.05) is 10.6 Å². The first-order valence-electron chi connectivity index (χ1n) is 9.38. The molecule has 1 unspecified atom stereocenters. The number of amides is 1. The van der Waals surface area contributed by atoms with Gasteiger partial charge in [-0.3, -0.25) is 4.79 Å². The number of esters is 1. The number of benzene rings is 2. The van der Waals surface area contributed by atoms with E-state index in [0.717, 1.165) is 0 Å². The van der Waals surface area contributed by atoms with E-state index in [4.69, 9.17) is 21.1 Å². The van der Waals surface area contributed by atoms with Gasteiger partial charge in [-0.15, -0.1) is 0 Å². The summed E-state index contributed by atoms with van der Waals surface area (Å²) in [5.74, 6) is 0.293. The molecule has 0 aliphatic rings. The monoisotopic (exact) mass is 415 g/mol. The highest BCUT2D eigenvalue weighted by molar-refractivity contribution is 6.30. The Labute approximate surface area is 176 Å². The fourth-order valence-corrected chi connectivity index (χ4v) is 2.55. The van der Waals surface area contributed by atoms with Gasteiger partial charge in [0.2, 0.25) is 0 Å². The molecule has 1 N–H and O–H groups in total. The Bertz CT molecular complexity index is 869. The molecule has 154 valence electrons. The van der Waals surface area contributed by atoms with E-state index in [1.54, 1.807) is 61.5 Å². The molecule has 1 amide bonds. The van der Waals surface area contributed by atoms with Gasteiger partial charge in [-0.25, -0.2) is 4.79 Å². The Balaban J connectivity index is 2.08. The summed E-state index contributed by atoms with van der Waals surface area (Å²) in [5.41, 5.74) is 0.274. The number of allylic oxidation sites excluding steroid dienone is 1. The van der Waals surface area contributed by atoms with Gasteiger partial charge in [-0.1, -0.05) is 50.6 Å². The average Bonchev–Trinajstić information content (AvgIpc) is 2.65. The van der Waals surface area contributed by atoms with E-state index in [1.165, 1.54) is 0 Å². The fraction of sp³-hybridized carbons (Fsp3) is 0.304. The third-order valence-corrected chi connectivity index (χ3v) is 4.00. The molecule has 2 rings (SSSR count). The number of rotatable bonds is 7. The van der Waals surface area contributed by atoms with Crippen LogP contribution in [0.5, 0.6) is 11.5 Å². The number of hydrogen-bond acceptors (Lipinski definition) is 4. The fourth-order valence-electron chi connectivity index (χ4n) is 2.37. The number of nitrogens with one attached hydrogen (secondary N) is 1. The maximum absolute atomic E-state index is 12.6. The number of carbonyl (C=O) groups is 2. The zero-order valence-electron chi connectivity index (χ0n) is 17.1. The molecule has 0 bridgehead atoms. The number of carbonyl (C=O) groups excluding carboxylic acids is 2. The summed E-state index contributed by atoms with van der Waals surface area (Å²) in [5, 5.41) is 3.28. The van der Waals surface area contributed by atoms with E-state index in [-0.39, 0.29) is 17.9 Å². The van der Waals surface area contributed by atoms with Gasteiger partial charge in [0.1, 0.15) is 17.5 Å². The van der Waals surface area contributed by atoms with Crippen molar-refractivity contribution in [3.8, 4) is 11.5 Å². The normalized spacial score (nSPS) is 12.4. The summed E-state index contributed by atoms with van der Waals surface area (Å²) in [6.45, 7) is 7.98. The van der Waals surface area contributed by atoms with Crippen molar-refractivity contribution >= 4 is 23.5 Å². The minimum atomic E-state index is -0.857. The van der Waals surface area contributed by atoms with Crippen LogP contribution in [0.15, 0.2) is 60.7 Å². The van der Waals surface area contributed by atoms with Gasteiger partial charge in [-0.2, -0.15) is 0 Å². The smallest absolute Gasteiger partial charge is 0.332 e. The highest BCUT2D eigenvalue weighted by Gasteiger charge is 2.21. The molecule has 29 heavy (non-hydrogen) atoms. The molecule has 0 spiro atoms. The van der Waals surface area contributed by atoms with Crippen LogP contribution < -0.4 is 10.1 Å². The maximum atomic E-state index is 12.6. The topological polar surface area (TPSA) is 64.6 Å². The van der Waals surface area contributed by atoms with E-state index in [2.05, 4.69) is 5.32 Å². The van der Waals surface area contributed by atoms with E-state index in [0.29, 0.717) is 22.1 Å². The minimum Gasteiger partial charge on any atom is -0.464 e. The van der Waals surface area contributed by atoms with Crippen LogP contribution in [0, 0.1) is 5.41 Å². The molecule has 0 aliphatic carbocycles.